The number of para-hydroxylation sites is 1. The number of anilines is 2. The van der Waals surface area contributed by atoms with Gasteiger partial charge in [0.1, 0.15) is 11.8 Å². The van der Waals surface area contributed by atoms with Gasteiger partial charge in [-0.25, -0.2) is 4.99 Å². The molecule has 0 bridgehead atoms. The number of amides is 2. The molecule has 0 radical (unpaired) electrons. The molecule has 156 valence electrons. The van der Waals surface area contributed by atoms with Crippen molar-refractivity contribution < 1.29 is 14.3 Å². The fraction of sp³-hybridized carbons (Fsp3) is 0.318. The predicted molar refractivity (Wildman–Crippen MR) is 116 cm³/mol. The first-order chi connectivity index (χ1) is 14.6. The van der Waals surface area contributed by atoms with Gasteiger partial charge >= 0.3 is 0 Å². The van der Waals surface area contributed by atoms with E-state index in [-0.39, 0.29) is 18.2 Å². The second-order valence-corrected chi connectivity index (χ2v) is 7.25. The summed E-state index contributed by atoms with van der Waals surface area (Å²) in [6, 6.07) is 16.4. The molecule has 0 aromatic heterocycles. The van der Waals surface area contributed by atoms with Gasteiger partial charge in [-0.2, -0.15) is 0 Å². The topological polar surface area (TPSA) is 86.3 Å². The summed E-state index contributed by atoms with van der Waals surface area (Å²) in [5, 5.41) is 5.66. The third-order valence-electron chi connectivity index (χ3n) is 5.27. The lowest BCUT2D eigenvalue weighted by Gasteiger charge is -2.38. The summed E-state index contributed by atoms with van der Waals surface area (Å²) in [5.41, 5.74) is 1.82. The maximum Gasteiger partial charge on any atom is 0.249 e. The number of piperazine rings is 1. The average molecular weight is 407 g/mol. The second-order valence-electron chi connectivity index (χ2n) is 7.25. The number of carbonyl (C=O) groups is 2. The predicted octanol–water partition coefficient (Wildman–Crippen LogP) is 1.70. The normalized spacial score (nSPS) is 19.0. The van der Waals surface area contributed by atoms with Gasteiger partial charge in [0.05, 0.1) is 13.5 Å². The first kappa shape index (κ1) is 19.8. The molecule has 2 aromatic rings. The number of guanidine groups is 1. The van der Waals surface area contributed by atoms with E-state index in [0.29, 0.717) is 24.7 Å². The molecule has 2 amide bonds. The summed E-state index contributed by atoms with van der Waals surface area (Å²) in [6.07, 6.45) is 0.0496. The molecule has 8 heteroatoms. The number of aliphatic imine (C=N–C) groups is 1. The van der Waals surface area contributed by atoms with Crippen molar-refractivity contribution in [2.75, 3.05) is 43.5 Å². The van der Waals surface area contributed by atoms with E-state index in [1.54, 1.807) is 7.11 Å². The Morgan fingerprint density at radius 1 is 1.03 bits per heavy atom. The van der Waals surface area contributed by atoms with Gasteiger partial charge in [0.15, 0.2) is 0 Å². The van der Waals surface area contributed by atoms with Crippen LogP contribution in [0.1, 0.15) is 6.42 Å². The van der Waals surface area contributed by atoms with Crippen LogP contribution in [0.15, 0.2) is 59.6 Å². The van der Waals surface area contributed by atoms with E-state index in [9.17, 15) is 9.59 Å². The van der Waals surface area contributed by atoms with Crippen LogP contribution < -0.4 is 20.3 Å². The Kier molecular flexibility index (Phi) is 5.83. The van der Waals surface area contributed by atoms with Gasteiger partial charge in [0.25, 0.3) is 0 Å². The van der Waals surface area contributed by atoms with Gasteiger partial charge in [-0.1, -0.05) is 18.2 Å². The highest BCUT2D eigenvalue weighted by Crippen LogP contribution is 2.21. The average Bonchev–Trinajstić information content (AvgIpc) is 2.79. The van der Waals surface area contributed by atoms with Gasteiger partial charge in [-0.15, -0.1) is 0 Å². The van der Waals surface area contributed by atoms with Crippen molar-refractivity contribution in [3.05, 3.63) is 54.6 Å². The first-order valence-corrected chi connectivity index (χ1v) is 10.00. The highest BCUT2D eigenvalue weighted by Gasteiger charge is 2.30. The summed E-state index contributed by atoms with van der Waals surface area (Å²) >= 11 is 0. The summed E-state index contributed by atoms with van der Waals surface area (Å²) in [6.45, 7) is 3.00. The molecule has 2 aliphatic rings. The maximum atomic E-state index is 12.6. The maximum absolute atomic E-state index is 12.6. The van der Waals surface area contributed by atoms with Crippen LogP contribution in [0, 0.1) is 0 Å². The lowest BCUT2D eigenvalue weighted by Crippen LogP contribution is -2.56. The molecule has 2 aromatic carbocycles. The van der Waals surface area contributed by atoms with Crippen LogP contribution in [0.4, 0.5) is 11.4 Å². The summed E-state index contributed by atoms with van der Waals surface area (Å²) in [5.74, 6) is 0.849. The zero-order chi connectivity index (χ0) is 20.9. The van der Waals surface area contributed by atoms with E-state index in [2.05, 4.69) is 20.5 Å². The van der Waals surface area contributed by atoms with Crippen molar-refractivity contribution in [2.24, 2.45) is 4.99 Å². The summed E-state index contributed by atoms with van der Waals surface area (Å²) in [4.78, 5) is 33.6. The van der Waals surface area contributed by atoms with Gasteiger partial charge in [0.2, 0.25) is 17.8 Å². The third kappa shape index (κ3) is 4.53. The number of hydrogen-bond donors (Lipinski definition) is 2. The molecule has 4 rings (SSSR count). The van der Waals surface area contributed by atoms with E-state index in [4.69, 9.17) is 4.74 Å². The third-order valence-corrected chi connectivity index (χ3v) is 5.27. The highest BCUT2D eigenvalue weighted by molar-refractivity contribution is 6.06. The van der Waals surface area contributed by atoms with Gasteiger partial charge in [-0.3, -0.25) is 14.9 Å². The number of nitrogens with one attached hydrogen (secondary N) is 2. The van der Waals surface area contributed by atoms with Gasteiger partial charge in [0, 0.05) is 37.6 Å². The van der Waals surface area contributed by atoms with E-state index < -0.39 is 6.04 Å². The molecule has 8 nitrogen and oxygen atoms in total. The van der Waals surface area contributed by atoms with Crippen molar-refractivity contribution in [1.29, 1.82) is 0 Å². The van der Waals surface area contributed by atoms with E-state index in [1.165, 1.54) is 0 Å². The molecular formula is C22H25N5O3. The van der Waals surface area contributed by atoms with E-state index >= 15 is 0 Å². The van der Waals surface area contributed by atoms with Crippen LogP contribution >= 0.6 is 0 Å². The Morgan fingerprint density at radius 3 is 2.37 bits per heavy atom. The fourth-order valence-corrected chi connectivity index (χ4v) is 3.61. The molecule has 2 heterocycles. The molecular weight excluding hydrogens is 382 g/mol. The molecule has 1 fully saturated rings. The number of hydrogen-bond acceptors (Lipinski definition) is 6. The van der Waals surface area contributed by atoms with Crippen molar-refractivity contribution in [3.63, 3.8) is 0 Å². The van der Waals surface area contributed by atoms with Gasteiger partial charge in [-0.05, 0) is 36.4 Å². The smallest absolute Gasteiger partial charge is 0.249 e. The fourth-order valence-electron chi connectivity index (χ4n) is 3.61. The van der Waals surface area contributed by atoms with Crippen molar-refractivity contribution in [1.82, 2.24) is 10.2 Å². The highest BCUT2D eigenvalue weighted by atomic mass is 16.5. The van der Waals surface area contributed by atoms with Crippen molar-refractivity contribution in [3.8, 4) is 5.75 Å². The Hall–Kier alpha value is -3.55. The number of ether oxygens (including phenoxy) is 1. The molecule has 0 saturated carbocycles. The number of methoxy groups -OCH3 is 1. The Morgan fingerprint density at radius 2 is 1.70 bits per heavy atom. The zero-order valence-corrected chi connectivity index (χ0v) is 16.9. The molecule has 0 aliphatic carbocycles. The quantitative estimate of drug-likeness (QED) is 0.806. The van der Waals surface area contributed by atoms with Crippen LogP contribution in [0.2, 0.25) is 0 Å². The number of nitrogens with zero attached hydrogens (tertiary/aromatic N) is 3. The molecule has 0 unspecified atom stereocenters. The second kappa shape index (κ2) is 8.86. The summed E-state index contributed by atoms with van der Waals surface area (Å²) < 4.78 is 5.21. The number of carbonyl (C=O) groups excluding carboxylic acids is 2. The molecule has 30 heavy (non-hydrogen) atoms. The van der Waals surface area contributed by atoms with Crippen LogP contribution in [0.5, 0.6) is 5.75 Å². The minimum Gasteiger partial charge on any atom is -0.497 e. The zero-order valence-electron chi connectivity index (χ0n) is 16.9. The van der Waals surface area contributed by atoms with Crippen molar-refractivity contribution in [2.45, 2.75) is 12.5 Å². The largest absolute Gasteiger partial charge is 0.497 e. The molecule has 0 spiro atoms. The van der Waals surface area contributed by atoms with Crippen LogP contribution in [-0.2, 0) is 9.59 Å². The Labute approximate surface area is 175 Å². The minimum absolute atomic E-state index is 0.0496. The Balaban J connectivity index is 1.39. The first-order valence-electron chi connectivity index (χ1n) is 10.00. The minimum atomic E-state index is -0.728. The standard InChI is InChI=1S/C22H25N5O3/c1-30-18-9-7-17(8-10-18)26-11-13-27(14-12-26)22-24-19(15-20(28)25-22)21(29)23-16-5-3-2-4-6-16/h2-10,19H,11-15H2,1H3,(H,23,29)(H,24,25,28)/t19-/m0/s1. The van der Waals surface area contributed by atoms with Crippen molar-refractivity contribution >= 4 is 29.1 Å². The SMILES string of the molecule is COc1ccc(N2CCN(C3=N[C@H](C(=O)Nc4ccccc4)CC(=O)N3)CC2)cc1. The number of benzene rings is 2. The monoisotopic (exact) mass is 407 g/mol. The van der Waals surface area contributed by atoms with Crippen LogP contribution in [0.25, 0.3) is 0 Å². The van der Waals surface area contributed by atoms with Crippen LogP contribution in [-0.4, -0.2) is 62.0 Å². The molecule has 1 saturated heterocycles. The lowest BCUT2D eigenvalue weighted by molar-refractivity contribution is -0.125. The number of rotatable bonds is 4. The molecule has 2 aliphatic heterocycles. The molecule has 1 atom stereocenters. The van der Waals surface area contributed by atoms with Gasteiger partial charge < -0.3 is 19.9 Å². The van der Waals surface area contributed by atoms with E-state index in [0.717, 1.165) is 24.5 Å². The summed E-state index contributed by atoms with van der Waals surface area (Å²) in [7, 11) is 1.65. The molecule has 2 N–H and O–H groups in total. The Bertz CT molecular complexity index is 922. The van der Waals surface area contributed by atoms with Crippen LogP contribution in [0.3, 0.4) is 0 Å². The van der Waals surface area contributed by atoms with E-state index in [1.807, 2.05) is 59.5 Å². The lowest BCUT2D eigenvalue weighted by atomic mass is 10.1.